The van der Waals surface area contributed by atoms with Gasteiger partial charge in [-0.2, -0.15) is 0 Å². The van der Waals surface area contributed by atoms with Gasteiger partial charge in [-0.1, -0.05) is 34.8 Å². The first-order valence-corrected chi connectivity index (χ1v) is 10.0. The van der Waals surface area contributed by atoms with Crippen LogP contribution in [0.1, 0.15) is 0 Å². The van der Waals surface area contributed by atoms with Gasteiger partial charge in [-0.3, -0.25) is 4.72 Å². The van der Waals surface area contributed by atoms with Crippen molar-refractivity contribution in [2.45, 2.75) is 4.90 Å². The average Bonchev–Trinajstić information content (AvgIpc) is 2.95. The smallest absolute Gasteiger partial charge is 0.255 e. The standard InChI is InChI=1S/C15H9Cl3N2O2S2/c16-9-1-4-11(5-2-9)24(21,22)20-15-19-14(8-23-15)12-6-3-10(17)7-13(12)18/h1-8H,(H,19,20). The molecule has 2 aromatic carbocycles. The molecule has 0 saturated heterocycles. The van der Waals surface area contributed by atoms with Gasteiger partial charge in [0.15, 0.2) is 5.13 Å². The van der Waals surface area contributed by atoms with Gasteiger partial charge in [-0.05, 0) is 42.5 Å². The largest absolute Gasteiger partial charge is 0.263 e. The summed E-state index contributed by atoms with van der Waals surface area (Å²) in [5.41, 5.74) is 1.24. The minimum absolute atomic E-state index is 0.105. The molecular formula is C15H9Cl3N2O2S2. The molecular weight excluding hydrogens is 411 g/mol. The molecule has 0 aliphatic rings. The number of hydrogen-bond donors (Lipinski definition) is 1. The van der Waals surface area contributed by atoms with Gasteiger partial charge in [0.25, 0.3) is 10.0 Å². The molecule has 1 aromatic heterocycles. The quantitative estimate of drug-likeness (QED) is 0.601. The lowest BCUT2D eigenvalue weighted by Crippen LogP contribution is -2.12. The summed E-state index contributed by atoms with van der Waals surface area (Å²) in [4.78, 5) is 4.38. The fourth-order valence-electron chi connectivity index (χ4n) is 1.93. The van der Waals surface area contributed by atoms with Gasteiger partial charge in [-0.15, -0.1) is 11.3 Å². The molecule has 9 heteroatoms. The Kier molecular flexibility index (Phi) is 5.03. The van der Waals surface area contributed by atoms with E-state index >= 15 is 0 Å². The maximum Gasteiger partial charge on any atom is 0.263 e. The molecule has 4 nitrogen and oxygen atoms in total. The molecule has 3 aromatic rings. The number of rotatable bonds is 4. The summed E-state index contributed by atoms with van der Waals surface area (Å²) in [6.45, 7) is 0. The third-order valence-electron chi connectivity index (χ3n) is 3.06. The summed E-state index contributed by atoms with van der Waals surface area (Å²) in [6, 6.07) is 10.9. The van der Waals surface area contributed by atoms with Crippen LogP contribution in [0, 0.1) is 0 Å². The number of nitrogens with one attached hydrogen (secondary N) is 1. The highest BCUT2D eigenvalue weighted by atomic mass is 35.5. The summed E-state index contributed by atoms with van der Waals surface area (Å²) in [6.07, 6.45) is 0. The van der Waals surface area contributed by atoms with Crippen molar-refractivity contribution in [3.05, 3.63) is 62.9 Å². The zero-order valence-electron chi connectivity index (χ0n) is 11.8. The normalized spacial score (nSPS) is 11.5. The van der Waals surface area contributed by atoms with Crippen LogP contribution in [0.25, 0.3) is 11.3 Å². The number of halogens is 3. The minimum atomic E-state index is -3.73. The average molecular weight is 420 g/mol. The van der Waals surface area contributed by atoms with E-state index in [2.05, 4.69) is 9.71 Å². The molecule has 0 amide bonds. The lowest BCUT2D eigenvalue weighted by Gasteiger charge is -2.05. The maximum absolute atomic E-state index is 12.3. The highest BCUT2D eigenvalue weighted by Crippen LogP contribution is 2.33. The number of aromatic nitrogens is 1. The van der Waals surface area contributed by atoms with E-state index in [9.17, 15) is 8.42 Å². The second kappa shape index (κ2) is 6.90. The highest BCUT2D eigenvalue weighted by molar-refractivity contribution is 7.93. The summed E-state index contributed by atoms with van der Waals surface area (Å²) >= 11 is 19.0. The van der Waals surface area contributed by atoms with E-state index in [1.807, 2.05) is 0 Å². The van der Waals surface area contributed by atoms with Crippen LogP contribution in [0.15, 0.2) is 52.7 Å². The van der Waals surface area contributed by atoms with E-state index in [4.69, 9.17) is 34.8 Å². The Morgan fingerprint density at radius 3 is 2.29 bits per heavy atom. The molecule has 0 bridgehead atoms. The summed E-state index contributed by atoms with van der Waals surface area (Å²) < 4.78 is 27.1. The van der Waals surface area contributed by atoms with Crippen molar-refractivity contribution in [1.29, 1.82) is 0 Å². The molecule has 0 saturated carbocycles. The number of sulfonamides is 1. The van der Waals surface area contributed by atoms with Crippen LogP contribution in [0.3, 0.4) is 0 Å². The molecule has 1 N–H and O–H groups in total. The number of benzene rings is 2. The van der Waals surface area contributed by atoms with E-state index in [0.29, 0.717) is 26.3 Å². The zero-order chi connectivity index (χ0) is 17.3. The summed E-state index contributed by atoms with van der Waals surface area (Å²) in [5, 5.41) is 3.38. The first-order chi connectivity index (χ1) is 11.3. The van der Waals surface area contributed by atoms with Gasteiger partial charge in [0.2, 0.25) is 0 Å². The summed E-state index contributed by atoms with van der Waals surface area (Å²) in [7, 11) is -3.73. The van der Waals surface area contributed by atoms with E-state index in [-0.39, 0.29) is 10.0 Å². The van der Waals surface area contributed by atoms with Gasteiger partial charge >= 0.3 is 0 Å². The van der Waals surface area contributed by atoms with Crippen molar-refractivity contribution in [3.8, 4) is 11.3 Å². The van der Waals surface area contributed by atoms with Gasteiger partial charge in [0, 0.05) is 21.0 Å². The van der Waals surface area contributed by atoms with Crippen molar-refractivity contribution in [2.24, 2.45) is 0 Å². The Bertz CT molecular complexity index is 986. The van der Waals surface area contributed by atoms with Crippen molar-refractivity contribution < 1.29 is 8.42 Å². The summed E-state index contributed by atoms with van der Waals surface area (Å²) in [5.74, 6) is 0. The molecule has 0 aliphatic heterocycles. The van der Waals surface area contributed by atoms with Crippen LogP contribution in [-0.4, -0.2) is 13.4 Å². The number of thiazole rings is 1. The van der Waals surface area contributed by atoms with E-state index in [1.54, 1.807) is 23.6 Å². The van der Waals surface area contributed by atoms with Gasteiger partial charge in [0.05, 0.1) is 15.6 Å². The first kappa shape index (κ1) is 17.5. The van der Waals surface area contributed by atoms with Crippen LogP contribution >= 0.6 is 46.1 Å². The molecule has 0 aliphatic carbocycles. The molecule has 3 rings (SSSR count). The predicted molar refractivity (Wildman–Crippen MR) is 99.8 cm³/mol. The van der Waals surface area contributed by atoms with Crippen LogP contribution in [0.2, 0.25) is 15.1 Å². The monoisotopic (exact) mass is 418 g/mol. The second-order valence-electron chi connectivity index (χ2n) is 4.72. The van der Waals surface area contributed by atoms with Crippen LogP contribution in [0.4, 0.5) is 5.13 Å². The van der Waals surface area contributed by atoms with E-state index in [1.165, 1.54) is 24.3 Å². The molecule has 0 spiro atoms. The Balaban J connectivity index is 1.87. The number of nitrogens with zero attached hydrogens (tertiary/aromatic N) is 1. The fraction of sp³-hybridized carbons (Fsp3) is 0. The van der Waals surface area contributed by atoms with Gasteiger partial charge < -0.3 is 0 Å². The topological polar surface area (TPSA) is 59.1 Å². The third kappa shape index (κ3) is 3.84. The Hall–Kier alpha value is -1.31. The fourth-order valence-corrected chi connectivity index (χ4v) is 4.52. The Morgan fingerprint density at radius 1 is 0.958 bits per heavy atom. The minimum Gasteiger partial charge on any atom is -0.255 e. The lowest BCUT2D eigenvalue weighted by molar-refractivity contribution is 0.601. The zero-order valence-corrected chi connectivity index (χ0v) is 15.7. The number of anilines is 1. The first-order valence-electron chi connectivity index (χ1n) is 6.54. The SMILES string of the molecule is O=S(=O)(Nc1nc(-c2ccc(Cl)cc2Cl)cs1)c1ccc(Cl)cc1. The Morgan fingerprint density at radius 2 is 1.62 bits per heavy atom. The van der Waals surface area contributed by atoms with Crippen molar-refractivity contribution in [1.82, 2.24) is 4.98 Å². The van der Waals surface area contributed by atoms with Crippen LogP contribution in [-0.2, 0) is 10.0 Å². The van der Waals surface area contributed by atoms with Crippen LogP contribution < -0.4 is 4.72 Å². The van der Waals surface area contributed by atoms with E-state index in [0.717, 1.165) is 11.3 Å². The third-order valence-corrected chi connectivity index (χ3v) is 6.10. The molecule has 24 heavy (non-hydrogen) atoms. The maximum atomic E-state index is 12.3. The van der Waals surface area contributed by atoms with Gasteiger partial charge in [0.1, 0.15) is 0 Å². The van der Waals surface area contributed by atoms with Crippen molar-refractivity contribution >= 4 is 61.3 Å². The number of hydrogen-bond acceptors (Lipinski definition) is 4. The molecule has 0 atom stereocenters. The van der Waals surface area contributed by atoms with Crippen molar-refractivity contribution in [3.63, 3.8) is 0 Å². The Labute approximate surface area is 158 Å². The highest BCUT2D eigenvalue weighted by Gasteiger charge is 2.17. The van der Waals surface area contributed by atoms with E-state index < -0.39 is 10.0 Å². The van der Waals surface area contributed by atoms with Crippen molar-refractivity contribution in [2.75, 3.05) is 4.72 Å². The molecule has 124 valence electrons. The van der Waals surface area contributed by atoms with Crippen LogP contribution in [0.5, 0.6) is 0 Å². The molecule has 0 fully saturated rings. The lowest BCUT2D eigenvalue weighted by atomic mass is 10.2. The van der Waals surface area contributed by atoms with Gasteiger partial charge in [-0.25, -0.2) is 13.4 Å². The molecule has 1 heterocycles. The second-order valence-corrected chi connectivity index (χ2v) is 8.54. The predicted octanol–water partition coefficient (Wildman–Crippen LogP) is 5.57. The molecule has 0 radical (unpaired) electrons. The molecule has 0 unspecified atom stereocenters.